The van der Waals surface area contributed by atoms with Gasteiger partial charge in [0.05, 0.1) is 17.0 Å². The quantitative estimate of drug-likeness (QED) is 0.369. The normalized spacial score (nSPS) is 10.8. The van der Waals surface area contributed by atoms with Gasteiger partial charge in [-0.3, -0.25) is 20.0 Å². The molecule has 22 heavy (non-hydrogen) atoms. The number of benzene rings is 1. The third-order valence-corrected chi connectivity index (χ3v) is 3.04. The number of carbonyl (C=O) groups excluding carboxylic acids is 1. The molecule has 9 heteroatoms. The summed E-state index contributed by atoms with van der Waals surface area (Å²) in [7, 11) is 1.62. The SMILES string of the molecule is COCCNCCNC(=O)c1n[nH]c2ccc([N+](=O)[O-])cc12. The molecule has 0 aliphatic heterocycles. The lowest BCUT2D eigenvalue weighted by Gasteiger charge is -2.05. The van der Waals surface area contributed by atoms with E-state index in [0.717, 1.165) is 0 Å². The number of ether oxygens (including phenoxy) is 1. The van der Waals surface area contributed by atoms with E-state index < -0.39 is 4.92 Å². The van der Waals surface area contributed by atoms with E-state index in [2.05, 4.69) is 20.8 Å². The van der Waals surface area contributed by atoms with Crippen LogP contribution < -0.4 is 10.6 Å². The summed E-state index contributed by atoms with van der Waals surface area (Å²) >= 11 is 0. The van der Waals surface area contributed by atoms with Crippen molar-refractivity contribution >= 4 is 22.5 Å². The van der Waals surface area contributed by atoms with Gasteiger partial charge < -0.3 is 15.4 Å². The van der Waals surface area contributed by atoms with Crippen molar-refractivity contribution in [3.05, 3.63) is 34.0 Å². The standard InChI is InChI=1S/C13H17N5O4/c1-22-7-6-14-4-5-15-13(19)12-10-8-9(18(20)21)2-3-11(10)16-17-12/h2-3,8,14H,4-7H2,1H3,(H,15,19)(H,16,17). The molecule has 118 valence electrons. The maximum absolute atomic E-state index is 12.1. The Morgan fingerprint density at radius 3 is 2.95 bits per heavy atom. The molecular formula is C13H17N5O4. The molecule has 1 heterocycles. The molecule has 0 spiro atoms. The minimum Gasteiger partial charge on any atom is -0.383 e. The van der Waals surface area contributed by atoms with Crippen LogP contribution in [0.5, 0.6) is 0 Å². The lowest BCUT2D eigenvalue weighted by atomic mass is 10.2. The highest BCUT2D eigenvalue weighted by Crippen LogP contribution is 2.21. The Bertz CT molecular complexity index is 669. The second kappa shape index (κ2) is 7.48. The monoisotopic (exact) mass is 307 g/mol. The summed E-state index contributed by atoms with van der Waals surface area (Å²) in [4.78, 5) is 22.4. The number of nitro groups is 1. The molecule has 0 bridgehead atoms. The van der Waals surface area contributed by atoms with Crippen LogP contribution in [0.15, 0.2) is 18.2 Å². The van der Waals surface area contributed by atoms with Gasteiger partial charge in [0.1, 0.15) is 0 Å². The van der Waals surface area contributed by atoms with Gasteiger partial charge in [-0.25, -0.2) is 0 Å². The molecule has 1 aromatic heterocycles. The van der Waals surface area contributed by atoms with E-state index in [1.54, 1.807) is 7.11 Å². The number of rotatable bonds is 8. The maximum atomic E-state index is 12.1. The van der Waals surface area contributed by atoms with Crippen molar-refractivity contribution in [1.82, 2.24) is 20.8 Å². The zero-order valence-corrected chi connectivity index (χ0v) is 12.1. The van der Waals surface area contributed by atoms with E-state index in [4.69, 9.17) is 4.74 Å². The zero-order valence-electron chi connectivity index (χ0n) is 12.1. The molecular weight excluding hydrogens is 290 g/mol. The first-order chi connectivity index (χ1) is 10.6. The van der Waals surface area contributed by atoms with Crippen molar-refractivity contribution < 1.29 is 14.5 Å². The Hall–Kier alpha value is -2.52. The number of hydrogen-bond acceptors (Lipinski definition) is 6. The number of H-pyrrole nitrogens is 1. The molecule has 0 unspecified atom stereocenters. The summed E-state index contributed by atoms with van der Waals surface area (Å²) < 4.78 is 4.89. The maximum Gasteiger partial charge on any atom is 0.272 e. The van der Waals surface area contributed by atoms with E-state index in [1.807, 2.05) is 0 Å². The zero-order chi connectivity index (χ0) is 15.9. The Morgan fingerprint density at radius 2 is 2.23 bits per heavy atom. The van der Waals surface area contributed by atoms with Gasteiger partial charge in [-0.15, -0.1) is 0 Å². The van der Waals surface area contributed by atoms with Crippen LogP contribution in [0.1, 0.15) is 10.5 Å². The van der Waals surface area contributed by atoms with E-state index in [0.29, 0.717) is 37.1 Å². The second-order valence-corrected chi connectivity index (χ2v) is 4.56. The molecule has 1 amide bonds. The summed E-state index contributed by atoms with van der Waals surface area (Å²) in [6.45, 7) is 2.31. The van der Waals surface area contributed by atoms with Crippen LogP contribution in [-0.4, -0.2) is 54.4 Å². The number of non-ortho nitro benzene ring substituents is 1. The third-order valence-electron chi connectivity index (χ3n) is 3.04. The van der Waals surface area contributed by atoms with Gasteiger partial charge >= 0.3 is 0 Å². The van der Waals surface area contributed by atoms with Crippen LogP contribution in [0.4, 0.5) is 5.69 Å². The first-order valence-electron chi connectivity index (χ1n) is 6.74. The minimum atomic E-state index is -0.506. The van der Waals surface area contributed by atoms with Gasteiger partial charge in [0, 0.05) is 44.3 Å². The Kier molecular flexibility index (Phi) is 5.39. The van der Waals surface area contributed by atoms with E-state index in [-0.39, 0.29) is 17.3 Å². The van der Waals surface area contributed by atoms with Gasteiger partial charge in [-0.05, 0) is 6.07 Å². The number of nitrogens with one attached hydrogen (secondary N) is 3. The lowest BCUT2D eigenvalue weighted by molar-refractivity contribution is -0.384. The minimum absolute atomic E-state index is 0.0795. The van der Waals surface area contributed by atoms with Crippen LogP contribution >= 0.6 is 0 Å². The van der Waals surface area contributed by atoms with Crippen LogP contribution in [-0.2, 0) is 4.74 Å². The van der Waals surface area contributed by atoms with Gasteiger partial charge in [-0.1, -0.05) is 0 Å². The predicted octanol–water partition coefficient (Wildman–Crippen LogP) is 0.437. The number of nitrogens with zero attached hydrogens (tertiary/aromatic N) is 2. The summed E-state index contributed by atoms with van der Waals surface area (Å²) in [5.74, 6) is -0.375. The first kappa shape index (κ1) is 15.9. The molecule has 0 aliphatic rings. The number of nitro benzene ring substituents is 1. The number of fused-ring (bicyclic) bond motifs is 1. The molecule has 9 nitrogen and oxygen atoms in total. The number of carbonyl (C=O) groups is 1. The highest BCUT2D eigenvalue weighted by atomic mass is 16.6. The van der Waals surface area contributed by atoms with Crippen molar-refractivity contribution in [1.29, 1.82) is 0 Å². The van der Waals surface area contributed by atoms with Crippen molar-refractivity contribution in [3.8, 4) is 0 Å². The lowest BCUT2D eigenvalue weighted by Crippen LogP contribution is -2.33. The van der Waals surface area contributed by atoms with Crippen LogP contribution in [0.25, 0.3) is 10.9 Å². The topological polar surface area (TPSA) is 122 Å². The van der Waals surface area contributed by atoms with E-state index >= 15 is 0 Å². The molecule has 0 fully saturated rings. The fraction of sp³-hybridized carbons (Fsp3) is 0.385. The average molecular weight is 307 g/mol. The number of aromatic amines is 1. The highest BCUT2D eigenvalue weighted by Gasteiger charge is 2.16. The largest absolute Gasteiger partial charge is 0.383 e. The molecule has 0 saturated heterocycles. The average Bonchev–Trinajstić information content (AvgIpc) is 2.93. The molecule has 2 rings (SSSR count). The van der Waals surface area contributed by atoms with Crippen molar-refractivity contribution in [2.45, 2.75) is 0 Å². The number of hydrogen-bond donors (Lipinski definition) is 3. The van der Waals surface area contributed by atoms with Gasteiger partial charge in [0.25, 0.3) is 11.6 Å². The molecule has 1 aromatic carbocycles. The number of amides is 1. The number of aromatic nitrogens is 2. The Labute approximate surface area is 126 Å². The Balaban J connectivity index is 1.99. The highest BCUT2D eigenvalue weighted by molar-refractivity contribution is 6.05. The second-order valence-electron chi connectivity index (χ2n) is 4.56. The molecule has 2 aromatic rings. The molecule has 0 saturated carbocycles. The predicted molar refractivity (Wildman–Crippen MR) is 79.8 cm³/mol. The third kappa shape index (κ3) is 3.77. The van der Waals surface area contributed by atoms with Crippen molar-refractivity contribution in [2.24, 2.45) is 0 Å². The van der Waals surface area contributed by atoms with Crippen molar-refractivity contribution in [2.75, 3.05) is 33.4 Å². The van der Waals surface area contributed by atoms with Crippen LogP contribution in [0.2, 0.25) is 0 Å². The molecule has 0 aliphatic carbocycles. The van der Waals surface area contributed by atoms with Crippen LogP contribution in [0, 0.1) is 10.1 Å². The smallest absolute Gasteiger partial charge is 0.272 e. The fourth-order valence-electron chi connectivity index (χ4n) is 1.94. The van der Waals surface area contributed by atoms with Gasteiger partial charge in [0.2, 0.25) is 0 Å². The number of methoxy groups -OCH3 is 1. The molecule has 3 N–H and O–H groups in total. The van der Waals surface area contributed by atoms with Crippen LogP contribution in [0.3, 0.4) is 0 Å². The summed E-state index contributed by atoms with van der Waals surface area (Å²) in [5.41, 5.74) is 0.647. The fourth-order valence-corrected chi connectivity index (χ4v) is 1.94. The van der Waals surface area contributed by atoms with Gasteiger partial charge in [-0.2, -0.15) is 5.10 Å². The van der Waals surface area contributed by atoms with Crippen molar-refractivity contribution in [3.63, 3.8) is 0 Å². The summed E-state index contributed by atoms with van der Waals surface area (Å²) in [5, 5.41) is 23.6. The molecule has 0 atom stereocenters. The Morgan fingerprint density at radius 1 is 1.41 bits per heavy atom. The summed E-state index contributed by atoms with van der Waals surface area (Å²) in [6.07, 6.45) is 0. The van der Waals surface area contributed by atoms with E-state index in [1.165, 1.54) is 18.2 Å². The first-order valence-corrected chi connectivity index (χ1v) is 6.74. The summed E-state index contributed by atoms with van der Waals surface area (Å²) in [6, 6.07) is 4.23. The van der Waals surface area contributed by atoms with E-state index in [9.17, 15) is 14.9 Å². The molecule has 0 radical (unpaired) electrons. The van der Waals surface area contributed by atoms with Gasteiger partial charge in [0.15, 0.2) is 5.69 Å².